The van der Waals surface area contributed by atoms with Crippen LogP contribution in [0.5, 0.6) is 0 Å². The molecule has 2 rings (SSSR count). The van der Waals surface area contributed by atoms with Crippen molar-refractivity contribution in [3.8, 4) is 0 Å². The number of aryl methyl sites for hydroxylation is 2. The van der Waals surface area contributed by atoms with E-state index in [-0.39, 0.29) is 6.04 Å². The van der Waals surface area contributed by atoms with Crippen molar-refractivity contribution in [2.45, 2.75) is 26.3 Å². The molecule has 17 heavy (non-hydrogen) atoms. The Bertz CT molecular complexity index is 506. The molecule has 0 fully saturated rings. The van der Waals surface area contributed by atoms with Gasteiger partial charge in [-0.15, -0.1) is 0 Å². The summed E-state index contributed by atoms with van der Waals surface area (Å²) in [6.45, 7) is 4.23. The molecule has 0 radical (unpaired) electrons. The van der Waals surface area contributed by atoms with Crippen molar-refractivity contribution in [1.29, 1.82) is 0 Å². The van der Waals surface area contributed by atoms with Crippen LogP contribution in [0.25, 0.3) is 0 Å². The molecular weight excluding hydrogens is 208 g/mol. The number of rotatable bonds is 3. The van der Waals surface area contributed by atoms with Gasteiger partial charge in [-0.05, 0) is 41.7 Å². The molecule has 1 unspecified atom stereocenters. The number of hydrogen-bond acceptors (Lipinski definition) is 2. The molecule has 2 N–H and O–H groups in total. The Morgan fingerprint density at radius 1 is 1.18 bits per heavy atom. The van der Waals surface area contributed by atoms with E-state index in [2.05, 4.69) is 37.0 Å². The zero-order valence-electron chi connectivity index (χ0n) is 10.4. The first-order valence-electron chi connectivity index (χ1n) is 5.98. The predicted octanol–water partition coefficient (Wildman–Crippen LogP) is 3.00. The van der Waals surface area contributed by atoms with E-state index in [1.54, 1.807) is 6.20 Å². The highest BCUT2D eigenvalue weighted by Gasteiger charge is 2.13. The van der Waals surface area contributed by atoms with Crippen molar-refractivity contribution in [2.24, 2.45) is 5.73 Å². The molecule has 0 aliphatic rings. The Morgan fingerprint density at radius 3 is 2.65 bits per heavy atom. The van der Waals surface area contributed by atoms with Crippen LogP contribution in [0.3, 0.4) is 0 Å². The van der Waals surface area contributed by atoms with Crippen molar-refractivity contribution in [2.75, 3.05) is 0 Å². The molecule has 1 heterocycles. The molecule has 0 aliphatic carbocycles. The van der Waals surface area contributed by atoms with E-state index in [9.17, 15) is 0 Å². The molecule has 2 heteroatoms. The van der Waals surface area contributed by atoms with E-state index in [0.717, 1.165) is 12.0 Å². The summed E-state index contributed by atoms with van der Waals surface area (Å²) >= 11 is 0. The third kappa shape index (κ3) is 2.37. The summed E-state index contributed by atoms with van der Waals surface area (Å²) in [5.74, 6) is 0. The molecule has 1 aromatic carbocycles. The van der Waals surface area contributed by atoms with Gasteiger partial charge in [0.05, 0.1) is 6.04 Å². The third-order valence-corrected chi connectivity index (χ3v) is 3.19. The van der Waals surface area contributed by atoms with Crippen molar-refractivity contribution < 1.29 is 0 Å². The van der Waals surface area contributed by atoms with E-state index < -0.39 is 0 Å². The van der Waals surface area contributed by atoms with Gasteiger partial charge in [-0.3, -0.25) is 4.98 Å². The van der Waals surface area contributed by atoms with Crippen molar-refractivity contribution in [3.63, 3.8) is 0 Å². The van der Waals surface area contributed by atoms with Crippen molar-refractivity contribution in [1.82, 2.24) is 4.98 Å². The number of pyridine rings is 1. The fourth-order valence-electron chi connectivity index (χ4n) is 2.13. The lowest BCUT2D eigenvalue weighted by molar-refractivity contribution is 0.834. The Kier molecular flexibility index (Phi) is 3.55. The first-order valence-corrected chi connectivity index (χ1v) is 5.98. The normalized spacial score (nSPS) is 12.4. The minimum absolute atomic E-state index is 0.0835. The van der Waals surface area contributed by atoms with Gasteiger partial charge >= 0.3 is 0 Å². The average molecular weight is 226 g/mol. The standard InChI is InChI=1S/C15H18N2/c1-3-12-6-4-5-7-13(12)15(16)14-10-17-9-8-11(14)2/h4-10,15H,3,16H2,1-2H3. The first kappa shape index (κ1) is 11.8. The Hall–Kier alpha value is -1.67. The largest absolute Gasteiger partial charge is 0.320 e. The van der Waals surface area contributed by atoms with E-state index >= 15 is 0 Å². The lowest BCUT2D eigenvalue weighted by Gasteiger charge is -2.17. The minimum atomic E-state index is -0.0835. The van der Waals surface area contributed by atoms with E-state index in [4.69, 9.17) is 5.73 Å². The van der Waals surface area contributed by atoms with Crippen LogP contribution in [-0.4, -0.2) is 4.98 Å². The van der Waals surface area contributed by atoms with Crippen LogP contribution in [-0.2, 0) is 6.42 Å². The Balaban J connectivity index is 2.44. The highest BCUT2D eigenvalue weighted by atomic mass is 14.7. The van der Waals surface area contributed by atoms with Crippen molar-refractivity contribution >= 4 is 0 Å². The van der Waals surface area contributed by atoms with Gasteiger partial charge < -0.3 is 5.73 Å². The molecule has 1 aromatic heterocycles. The van der Waals surface area contributed by atoms with Crippen LogP contribution in [0.15, 0.2) is 42.7 Å². The summed E-state index contributed by atoms with van der Waals surface area (Å²) in [6.07, 6.45) is 4.67. The van der Waals surface area contributed by atoms with Crippen LogP contribution in [0.4, 0.5) is 0 Å². The molecule has 0 saturated heterocycles. The smallest absolute Gasteiger partial charge is 0.0572 e. The average Bonchev–Trinajstić information content (AvgIpc) is 2.38. The quantitative estimate of drug-likeness (QED) is 0.873. The number of hydrogen-bond donors (Lipinski definition) is 1. The van der Waals surface area contributed by atoms with Crippen LogP contribution in [0.2, 0.25) is 0 Å². The van der Waals surface area contributed by atoms with Gasteiger partial charge in [0.1, 0.15) is 0 Å². The zero-order valence-corrected chi connectivity index (χ0v) is 10.4. The molecular formula is C15H18N2. The van der Waals surface area contributed by atoms with Crippen LogP contribution in [0.1, 0.15) is 35.2 Å². The van der Waals surface area contributed by atoms with E-state index in [1.165, 1.54) is 16.7 Å². The minimum Gasteiger partial charge on any atom is -0.320 e. The number of aromatic nitrogens is 1. The van der Waals surface area contributed by atoms with Crippen LogP contribution < -0.4 is 5.73 Å². The number of benzene rings is 1. The Labute approximate surface area is 103 Å². The van der Waals surface area contributed by atoms with Gasteiger partial charge in [0.2, 0.25) is 0 Å². The molecule has 1 atom stereocenters. The maximum atomic E-state index is 6.35. The van der Waals surface area contributed by atoms with Crippen LogP contribution >= 0.6 is 0 Å². The summed E-state index contributed by atoms with van der Waals surface area (Å²) < 4.78 is 0. The highest BCUT2D eigenvalue weighted by Crippen LogP contribution is 2.24. The highest BCUT2D eigenvalue weighted by molar-refractivity contribution is 5.38. The van der Waals surface area contributed by atoms with Gasteiger partial charge in [0.25, 0.3) is 0 Å². The molecule has 2 aromatic rings. The molecule has 0 spiro atoms. The topological polar surface area (TPSA) is 38.9 Å². The fourth-order valence-corrected chi connectivity index (χ4v) is 2.13. The second-order valence-electron chi connectivity index (χ2n) is 4.26. The van der Waals surface area contributed by atoms with Gasteiger partial charge in [0.15, 0.2) is 0 Å². The van der Waals surface area contributed by atoms with E-state index in [1.807, 2.05) is 18.3 Å². The van der Waals surface area contributed by atoms with Crippen molar-refractivity contribution in [3.05, 3.63) is 65.0 Å². The second-order valence-corrected chi connectivity index (χ2v) is 4.26. The number of nitrogens with two attached hydrogens (primary N) is 1. The number of nitrogens with zero attached hydrogens (tertiary/aromatic N) is 1. The lowest BCUT2D eigenvalue weighted by Crippen LogP contribution is -2.15. The molecule has 0 bridgehead atoms. The summed E-state index contributed by atoms with van der Waals surface area (Å²) in [5.41, 5.74) is 11.2. The van der Waals surface area contributed by atoms with Crippen LogP contribution in [0, 0.1) is 6.92 Å². The molecule has 0 aliphatic heterocycles. The first-order chi connectivity index (χ1) is 8.24. The zero-order chi connectivity index (χ0) is 12.3. The second kappa shape index (κ2) is 5.11. The van der Waals surface area contributed by atoms with Gasteiger partial charge in [-0.25, -0.2) is 0 Å². The monoisotopic (exact) mass is 226 g/mol. The molecule has 0 saturated carbocycles. The third-order valence-electron chi connectivity index (χ3n) is 3.19. The van der Waals surface area contributed by atoms with Gasteiger partial charge in [-0.2, -0.15) is 0 Å². The molecule has 0 amide bonds. The van der Waals surface area contributed by atoms with Gasteiger partial charge in [0, 0.05) is 12.4 Å². The lowest BCUT2D eigenvalue weighted by atomic mass is 9.93. The maximum absolute atomic E-state index is 6.35. The maximum Gasteiger partial charge on any atom is 0.0572 e. The molecule has 88 valence electrons. The summed E-state index contributed by atoms with van der Waals surface area (Å²) in [7, 11) is 0. The van der Waals surface area contributed by atoms with Gasteiger partial charge in [-0.1, -0.05) is 31.2 Å². The SMILES string of the molecule is CCc1ccccc1C(N)c1cnccc1C. The fraction of sp³-hybridized carbons (Fsp3) is 0.267. The summed E-state index contributed by atoms with van der Waals surface area (Å²) in [4.78, 5) is 4.17. The molecule has 2 nitrogen and oxygen atoms in total. The van der Waals surface area contributed by atoms with E-state index in [0.29, 0.717) is 0 Å². The summed E-state index contributed by atoms with van der Waals surface area (Å²) in [6, 6.07) is 10.3. The predicted molar refractivity (Wildman–Crippen MR) is 70.8 cm³/mol. The Morgan fingerprint density at radius 2 is 1.94 bits per heavy atom. The summed E-state index contributed by atoms with van der Waals surface area (Å²) in [5, 5.41) is 0.